The third-order valence-corrected chi connectivity index (χ3v) is 5.45. The molecule has 0 aliphatic heterocycles. The number of ether oxygens (including phenoxy) is 2. The molecule has 1 aromatic heterocycles. The Bertz CT molecular complexity index is 1190. The molecule has 8 heteroatoms. The van der Waals surface area contributed by atoms with Gasteiger partial charge in [0.1, 0.15) is 6.54 Å². The highest BCUT2D eigenvalue weighted by atomic mass is 16.5. The van der Waals surface area contributed by atoms with Crippen molar-refractivity contribution in [2.75, 3.05) is 37.5 Å². The van der Waals surface area contributed by atoms with Crippen LogP contribution in [0.2, 0.25) is 0 Å². The molecule has 1 heterocycles. The summed E-state index contributed by atoms with van der Waals surface area (Å²) in [5, 5.41) is 7.26. The first-order chi connectivity index (χ1) is 15.9. The molecule has 0 atom stereocenters. The van der Waals surface area contributed by atoms with E-state index in [1.165, 1.54) is 6.07 Å². The molecule has 0 bridgehead atoms. The van der Waals surface area contributed by atoms with Gasteiger partial charge in [-0.1, -0.05) is 0 Å². The fourth-order valence-corrected chi connectivity index (χ4v) is 3.61. The van der Waals surface area contributed by atoms with Gasteiger partial charge in [-0.05, 0) is 68.8 Å². The van der Waals surface area contributed by atoms with Crippen LogP contribution in [0.3, 0.4) is 0 Å². The first kappa shape index (κ1) is 23.8. The summed E-state index contributed by atoms with van der Waals surface area (Å²) in [6, 6.07) is 14.3. The average Bonchev–Trinajstić information content (AvgIpc) is 2.82. The van der Waals surface area contributed by atoms with Crippen LogP contribution in [0.4, 0.5) is 11.4 Å². The minimum absolute atomic E-state index is 0.197. The van der Waals surface area contributed by atoms with Gasteiger partial charge in [0.25, 0.3) is 5.56 Å². The molecule has 0 aliphatic carbocycles. The minimum atomic E-state index is -0.358. The van der Waals surface area contributed by atoms with Crippen molar-refractivity contribution in [3.05, 3.63) is 64.4 Å². The van der Waals surface area contributed by atoms with Crippen LogP contribution in [0.1, 0.15) is 19.4 Å². The summed E-state index contributed by atoms with van der Waals surface area (Å²) < 4.78 is 11.8. The zero-order chi connectivity index (χ0) is 24.0. The van der Waals surface area contributed by atoms with Gasteiger partial charge in [0, 0.05) is 36.1 Å². The molecule has 1 amide bonds. The van der Waals surface area contributed by atoms with Gasteiger partial charge >= 0.3 is 0 Å². The highest BCUT2D eigenvalue weighted by Gasteiger charge is 2.12. The molecule has 0 spiro atoms. The molecule has 0 saturated heterocycles. The number of aryl methyl sites for hydroxylation is 1. The van der Waals surface area contributed by atoms with Crippen LogP contribution in [0.15, 0.2) is 53.3 Å². The third kappa shape index (κ3) is 5.52. The summed E-state index contributed by atoms with van der Waals surface area (Å²) in [6.07, 6.45) is 0. The summed E-state index contributed by atoms with van der Waals surface area (Å²) >= 11 is 0. The number of benzene rings is 2. The lowest BCUT2D eigenvalue weighted by Gasteiger charge is -2.22. The van der Waals surface area contributed by atoms with Crippen LogP contribution in [0.25, 0.3) is 11.3 Å². The van der Waals surface area contributed by atoms with Crippen molar-refractivity contribution >= 4 is 17.3 Å². The molecule has 1 N–H and O–H groups in total. The molecule has 33 heavy (non-hydrogen) atoms. The first-order valence-electron chi connectivity index (χ1n) is 10.9. The van der Waals surface area contributed by atoms with Crippen molar-refractivity contribution in [1.82, 2.24) is 9.78 Å². The second-order valence-electron chi connectivity index (χ2n) is 7.50. The molecule has 0 aliphatic rings. The van der Waals surface area contributed by atoms with E-state index >= 15 is 0 Å². The Balaban J connectivity index is 1.79. The first-order valence-corrected chi connectivity index (χ1v) is 10.9. The van der Waals surface area contributed by atoms with Crippen molar-refractivity contribution < 1.29 is 14.3 Å². The summed E-state index contributed by atoms with van der Waals surface area (Å²) in [7, 11) is 3.12. The Labute approximate surface area is 193 Å². The van der Waals surface area contributed by atoms with Crippen molar-refractivity contribution in [2.45, 2.75) is 27.3 Å². The van der Waals surface area contributed by atoms with E-state index in [0.29, 0.717) is 22.9 Å². The largest absolute Gasteiger partial charge is 0.493 e. The van der Waals surface area contributed by atoms with E-state index in [0.717, 1.165) is 34.6 Å². The lowest BCUT2D eigenvalue weighted by molar-refractivity contribution is -0.117. The molecular formula is C25H30N4O4. The van der Waals surface area contributed by atoms with Crippen LogP contribution >= 0.6 is 0 Å². The quantitative estimate of drug-likeness (QED) is 0.535. The summed E-state index contributed by atoms with van der Waals surface area (Å²) in [6.45, 7) is 7.78. The van der Waals surface area contributed by atoms with Gasteiger partial charge in [0.2, 0.25) is 5.91 Å². The summed E-state index contributed by atoms with van der Waals surface area (Å²) in [4.78, 5) is 27.3. The van der Waals surface area contributed by atoms with Gasteiger partial charge in [-0.3, -0.25) is 9.59 Å². The van der Waals surface area contributed by atoms with E-state index in [1.807, 2.05) is 31.2 Å². The number of carbonyl (C=O) groups excluding carboxylic acids is 1. The molecule has 0 unspecified atom stereocenters. The normalized spacial score (nSPS) is 10.6. The molecule has 0 radical (unpaired) electrons. The van der Waals surface area contributed by atoms with Crippen molar-refractivity contribution in [3.63, 3.8) is 0 Å². The number of hydrogen-bond acceptors (Lipinski definition) is 6. The standard InChI is InChI=1S/C25H30N4O4/c1-6-28(7-2)19-9-10-20(17(3)14-19)26-24(30)16-29-25(31)13-11-21(27-29)18-8-12-22(32-4)23(15-18)33-5/h8-15H,6-7,16H2,1-5H3,(H,26,30). The second kappa shape index (κ2) is 10.7. The Morgan fingerprint density at radius 2 is 1.73 bits per heavy atom. The number of methoxy groups -OCH3 is 2. The average molecular weight is 451 g/mol. The zero-order valence-electron chi connectivity index (χ0n) is 19.7. The lowest BCUT2D eigenvalue weighted by Crippen LogP contribution is -2.29. The third-order valence-electron chi connectivity index (χ3n) is 5.45. The van der Waals surface area contributed by atoms with E-state index < -0.39 is 0 Å². The number of nitrogens with zero attached hydrogens (tertiary/aromatic N) is 3. The molecule has 0 saturated carbocycles. The molecule has 174 valence electrons. The topological polar surface area (TPSA) is 85.7 Å². The highest BCUT2D eigenvalue weighted by molar-refractivity contribution is 5.91. The van der Waals surface area contributed by atoms with Gasteiger partial charge in [0.15, 0.2) is 11.5 Å². The maximum Gasteiger partial charge on any atom is 0.267 e. The Morgan fingerprint density at radius 3 is 2.36 bits per heavy atom. The zero-order valence-corrected chi connectivity index (χ0v) is 19.7. The van der Waals surface area contributed by atoms with E-state index in [4.69, 9.17) is 9.47 Å². The van der Waals surface area contributed by atoms with Crippen molar-refractivity contribution in [2.24, 2.45) is 0 Å². The summed E-state index contributed by atoms with van der Waals surface area (Å²) in [5.74, 6) is 0.819. The monoisotopic (exact) mass is 450 g/mol. The number of aromatic nitrogens is 2. The Hall–Kier alpha value is -3.81. The molecule has 8 nitrogen and oxygen atoms in total. The molecule has 3 aromatic rings. The predicted molar refractivity (Wildman–Crippen MR) is 130 cm³/mol. The van der Waals surface area contributed by atoms with Crippen LogP contribution in [0, 0.1) is 6.92 Å². The number of carbonyl (C=O) groups is 1. The highest BCUT2D eigenvalue weighted by Crippen LogP contribution is 2.31. The number of anilines is 2. The van der Waals surface area contributed by atoms with Crippen LogP contribution < -0.4 is 25.2 Å². The number of amides is 1. The number of nitrogens with one attached hydrogen (secondary N) is 1. The fourth-order valence-electron chi connectivity index (χ4n) is 3.61. The van der Waals surface area contributed by atoms with E-state index in [1.54, 1.807) is 32.4 Å². The maximum absolute atomic E-state index is 12.7. The fraction of sp³-hybridized carbons (Fsp3) is 0.320. The lowest BCUT2D eigenvalue weighted by atomic mass is 10.1. The SMILES string of the molecule is CCN(CC)c1ccc(NC(=O)Cn2nc(-c3ccc(OC)c(OC)c3)ccc2=O)c(C)c1. The molecule has 2 aromatic carbocycles. The Morgan fingerprint density at radius 1 is 1.00 bits per heavy atom. The number of hydrogen-bond donors (Lipinski definition) is 1. The van der Waals surface area contributed by atoms with Crippen molar-refractivity contribution in [3.8, 4) is 22.8 Å². The molecule has 0 fully saturated rings. The van der Waals surface area contributed by atoms with E-state index in [2.05, 4.69) is 29.2 Å². The maximum atomic E-state index is 12.7. The van der Waals surface area contributed by atoms with Gasteiger partial charge in [0.05, 0.1) is 19.9 Å². The van der Waals surface area contributed by atoms with Crippen LogP contribution in [0.5, 0.6) is 11.5 Å². The van der Waals surface area contributed by atoms with Crippen LogP contribution in [-0.2, 0) is 11.3 Å². The minimum Gasteiger partial charge on any atom is -0.493 e. The van der Waals surface area contributed by atoms with Gasteiger partial charge < -0.3 is 19.7 Å². The van der Waals surface area contributed by atoms with Crippen LogP contribution in [-0.4, -0.2) is 43.0 Å². The van der Waals surface area contributed by atoms with Gasteiger partial charge in [-0.15, -0.1) is 0 Å². The molecular weight excluding hydrogens is 420 g/mol. The van der Waals surface area contributed by atoms with E-state index in [9.17, 15) is 9.59 Å². The van der Waals surface area contributed by atoms with Gasteiger partial charge in [-0.2, -0.15) is 5.10 Å². The predicted octanol–water partition coefficient (Wildman–Crippen LogP) is 3.72. The number of rotatable bonds is 9. The van der Waals surface area contributed by atoms with E-state index in [-0.39, 0.29) is 18.0 Å². The van der Waals surface area contributed by atoms with Crippen molar-refractivity contribution in [1.29, 1.82) is 0 Å². The Kier molecular flexibility index (Phi) is 7.71. The van der Waals surface area contributed by atoms with Gasteiger partial charge in [-0.25, -0.2) is 4.68 Å². The smallest absolute Gasteiger partial charge is 0.267 e. The summed E-state index contributed by atoms with van der Waals surface area (Å²) in [5.41, 5.74) is 3.69. The molecule has 3 rings (SSSR count). The second-order valence-corrected chi connectivity index (χ2v) is 7.50.